The molecule has 12 nitrogen and oxygen atoms in total. The van der Waals surface area contributed by atoms with Crippen molar-refractivity contribution in [1.29, 1.82) is 0 Å². The number of phenolic OH excluding ortho intramolecular Hbond substituents is 1. The van der Waals surface area contributed by atoms with Crippen LogP contribution < -0.4 is 10.5 Å². The van der Waals surface area contributed by atoms with Gasteiger partial charge in [-0.15, -0.1) is 0 Å². The van der Waals surface area contributed by atoms with Gasteiger partial charge in [-0.05, 0) is 58.3 Å². The number of benzene rings is 1. The molecular formula is C29H37N3O9. The largest absolute Gasteiger partial charge is 0.507 e. The van der Waals surface area contributed by atoms with E-state index in [9.17, 15) is 34.2 Å². The topological polar surface area (TPSA) is 177 Å². The molecule has 1 heterocycles. The van der Waals surface area contributed by atoms with Gasteiger partial charge in [0.25, 0.3) is 0 Å². The second-order valence-electron chi connectivity index (χ2n) is 12.2. The SMILES string of the molecule is COc1c(CN(C)CC2CCOC2)cc(O)c2c1C[C@H]1C[C@H]3[C@H](N(C)C)C(=O)C(C(N)=O)C(=O)[C@@]3(O)C(=O)C1C2=O. The summed E-state index contributed by atoms with van der Waals surface area (Å²) in [5.74, 6) is -9.89. The van der Waals surface area contributed by atoms with Crippen molar-refractivity contribution in [3.8, 4) is 11.5 Å². The summed E-state index contributed by atoms with van der Waals surface area (Å²) < 4.78 is 11.2. The van der Waals surface area contributed by atoms with Crippen LogP contribution in [0.15, 0.2) is 6.07 Å². The van der Waals surface area contributed by atoms with E-state index in [1.165, 1.54) is 18.1 Å². The molecule has 1 amide bonds. The van der Waals surface area contributed by atoms with Crippen LogP contribution in [0.4, 0.5) is 0 Å². The van der Waals surface area contributed by atoms with Crippen molar-refractivity contribution >= 4 is 29.0 Å². The summed E-state index contributed by atoms with van der Waals surface area (Å²) in [5.41, 5.74) is 3.66. The number of primary amides is 1. The summed E-state index contributed by atoms with van der Waals surface area (Å²) in [6.45, 7) is 2.63. The molecule has 1 aromatic carbocycles. The molecule has 3 unspecified atom stereocenters. The van der Waals surface area contributed by atoms with E-state index in [0.29, 0.717) is 35.9 Å². The molecular weight excluding hydrogens is 534 g/mol. The van der Waals surface area contributed by atoms with Crippen LogP contribution in [0.25, 0.3) is 0 Å². The highest BCUT2D eigenvalue weighted by Gasteiger charge is 2.69. The first-order valence-electron chi connectivity index (χ1n) is 13.8. The molecule has 5 rings (SSSR count). The molecule has 3 aliphatic carbocycles. The Morgan fingerprint density at radius 1 is 1.20 bits per heavy atom. The Morgan fingerprint density at radius 3 is 2.49 bits per heavy atom. The highest BCUT2D eigenvalue weighted by Crippen LogP contribution is 2.52. The van der Waals surface area contributed by atoms with E-state index in [2.05, 4.69) is 4.90 Å². The number of nitrogens with two attached hydrogens (primary N) is 1. The van der Waals surface area contributed by atoms with Crippen LogP contribution in [0.2, 0.25) is 0 Å². The second kappa shape index (κ2) is 10.6. The number of Topliss-reactive ketones (excluding diaryl/α,β-unsaturated/α-hetero) is 4. The molecule has 1 aliphatic heterocycles. The van der Waals surface area contributed by atoms with Gasteiger partial charge < -0.3 is 30.3 Å². The smallest absolute Gasteiger partial charge is 0.235 e. The van der Waals surface area contributed by atoms with Gasteiger partial charge >= 0.3 is 0 Å². The maximum atomic E-state index is 13.9. The van der Waals surface area contributed by atoms with Gasteiger partial charge in [-0.3, -0.25) is 28.9 Å². The van der Waals surface area contributed by atoms with Crippen LogP contribution >= 0.6 is 0 Å². The zero-order chi connectivity index (χ0) is 30.0. The first kappa shape index (κ1) is 29.3. The summed E-state index contributed by atoms with van der Waals surface area (Å²) in [7, 11) is 6.53. The van der Waals surface area contributed by atoms with Gasteiger partial charge in [-0.1, -0.05) is 0 Å². The van der Waals surface area contributed by atoms with Gasteiger partial charge in [-0.2, -0.15) is 0 Å². The molecule has 41 heavy (non-hydrogen) atoms. The number of ether oxygens (including phenoxy) is 2. The molecule has 0 spiro atoms. The van der Waals surface area contributed by atoms with Gasteiger partial charge in [0.15, 0.2) is 34.7 Å². The third-order valence-corrected chi connectivity index (χ3v) is 9.33. The van der Waals surface area contributed by atoms with Crippen LogP contribution in [0.3, 0.4) is 0 Å². The summed E-state index contributed by atoms with van der Waals surface area (Å²) in [6.07, 6.45) is 1.10. The molecule has 12 heteroatoms. The fraction of sp³-hybridized carbons (Fsp3) is 0.621. The average Bonchev–Trinajstić information content (AvgIpc) is 3.38. The Labute approximate surface area is 237 Å². The molecule has 3 fully saturated rings. The van der Waals surface area contributed by atoms with E-state index in [0.717, 1.165) is 19.6 Å². The average molecular weight is 572 g/mol. The number of hydrogen-bond acceptors (Lipinski definition) is 11. The Hall–Kier alpha value is -3.19. The number of phenols is 1. The number of carbonyl (C=O) groups is 5. The van der Waals surface area contributed by atoms with E-state index in [1.54, 1.807) is 14.1 Å². The number of fused-ring (bicyclic) bond motifs is 3. The van der Waals surface area contributed by atoms with Crippen molar-refractivity contribution in [2.75, 3.05) is 48.0 Å². The highest BCUT2D eigenvalue weighted by molar-refractivity contribution is 6.32. The zero-order valence-corrected chi connectivity index (χ0v) is 23.7. The van der Waals surface area contributed by atoms with Crippen molar-refractivity contribution in [3.63, 3.8) is 0 Å². The molecule has 0 aromatic heterocycles. The second-order valence-corrected chi connectivity index (χ2v) is 12.2. The molecule has 7 atom stereocenters. The van der Waals surface area contributed by atoms with E-state index in [-0.39, 0.29) is 24.2 Å². The predicted molar refractivity (Wildman–Crippen MR) is 143 cm³/mol. The lowest BCUT2D eigenvalue weighted by atomic mass is 9.52. The molecule has 0 bridgehead atoms. The third-order valence-electron chi connectivity index (χ3n) is 9.33. The zero-order valence-electron chi connectivity index (χ0n) is 23.7. The van der Waals surface area contributed by atoms with E-state index < -0.39 is 64.4 Å². The number of amides is 1. The quantitative estimate of drug-likeness (QED) is 0.354. The number of rotatable bonds is 7. The van der Waals surface area contributed by atoms with Crippen molar-refractivity contribution in [1.82, 2.24) is 9.80 Å². The molecule has 4 aliphatic rings. The normalized spacial score (nSPS) is 33.1. The van der Waals surface area contributed by atoms with Crippen molar-refractivity contribution in [2.45, 2.75) is 37.5 Å². The maximum Gasteiger partial charge on any atom is 0.235 e. The monoisotopic (exact) mass is 571 g/mol. The molecule has 1 saturated heterocycles. The Balaban J connectivity index is 1.54. The number of aromatic hydroxyl groups is 1. The van der Waals surface area contributed by atoms with E-state index >= 15 is 0 Å². The minimum atomic E-state index is -2.75. The van der Waals surface area contributed by atoms with E-state index in [4.69, 9.17) is 15.2 Å². The molecule has 2 saturated carbocycles. The lowest BCUT2D eigenvalue weighted by Gasteiger charge is -2.52. The minimum absolute atomic E-state index is 0.0143. The molecule has 1 aromatic rings. The van der Waals surface area contributed by atoms with Crippen LogP contribution in [0.1, 0.15) is 34.3 Å². The Kier molecular flexibility index (Phi) is 7.56. The number of nitrogens with zero attached hydrogens (tertiary/aromatic N) is 2. The molecule has 4 N–H and O–H groups in total. The van der Waals surface area contributed by atoms with Crippen LogP contribution in [0, 0.1) is 29.6 Å². The predicted octanol–water partition coefficient (Wildman–Crippen LogP) is -0.656. The first-order chi connectivity index (χ1) is 19.3. The molecule has 0 radical (unpaired) electrons. The van der Waals surface area contributed by atoms with Gasteiger partial charge in [0.1, 0.15) is 11.5 Å². The number of carbonyl (C=O) groups excluding carboxylic acids is 5. The number of aliphatic hydroxyl groups is 1. The summed E-state index contributed by atoms with van der Waals surface area (Å²) in [4.78, 5) is 70.1. The standard InChI is InChI=1S/C29H37N3O9/c1-31(2)22-17-8-14-7-16-20(18(33)9-15(25(16)40-4)11-32(3)10-13-5-6-41-12-13)23(34)19(14)26(36)29(17,39)27(37)21(24(22)35)28(30)38/h9,13-14,17,19,21-22,33,39H,5-8,10-12H2,1-4H3,(H2,30,38)/t13?,14-,17-,19?,21?,22-,29-/m0/s1. The number of hydrogen-bond donors (Lipinski definition) is 3. The Morgan fingerprint density at radius 2 is 1.90 bits per heavy atom. The summed E-state index contributed by atoms with van der Waals surface area (Å²) in [6, 6.07) is 0.310. The minimum Gasteiger partial charge on any atom is -0.507 e. The lowest BCUT2D eigenvalue weighted by Crippen LogP contribution is -2.74. The fourth-order valence-corrected chi connectivity index (χ4v) is 7.61. The number of ketones is 4. The van der Waals surface area contributed by atoms with Crippen LogP contribution in [-0.2, 0) is 36.9 Å². The lowest BCUT2D eigenvalue weighted by molar-refractivity contribution is -0.181. The Bertz CT molecular complexity index is 1320. The third kappa shape index (κ3) is 4.48. The summed E-state index contributed by atoms with van der Waals surface area (Å²) >= 11 is 0. The number of likely N-dealkylation sites (N-methyl/N-ethyl adjacent to an activating group) is 1. The van der Waals surface area contributed by atoms with Crippen molar-refractivity contribution < 1.29 is 43.7 Å². The van der Waals surface area contributed by atoms with Gasteiger partial charge in [0.2, 0.25) is 5.91 Å². The maximum absolute atomic E-state index is 13.9. The number of methoxy groups -OCH3 is 1. The highest BCUT2D eigenvalue weighted by atomic mass is 16.5. The van der Waals surface area contributed by atoms with Crippen LogP contribution in [-0.4, -0.2) is 109 Å². The van der Waals surface area contributed by atoms with Crippen molar-refractivity contribution in [2.24, 2.45) is 35.3 Å². The van der Waals surface area contributed by atoms with Crippen LogP contribution in [0.5, 0.6) is 11.5 Å². The van der Waals surface area contributed by atoms with Gasteiger partial charge in [0, 0.05) is 36.7 Å². The fourth-order valence-electron chi connectivity index (χ4n) is 7.61. The van der Waals surface area contributed by atoms with Gasteiger partial charge in [0.05, 0.1) is 31.2 Å². The van der Waals surface area contributed by atoms with E-state index in [1.807, 2.05) is 7.05 Å². The summed E-state index contributed by atoms with van der Waals surface area (Å²) in [5, 5.41) is 22.7. The first-order valence-corrected chi connectivity index (χ1v) is 13.8. The van der Waals surface area contributed by atoms with Crippen molar-refractivity contribution in [3.05, 3.63) is 22.8 Å². The molecule has 222 valence electrons. The van der Waals surface area contributed by atoms with Gasteiger partial charge in [-0.25, -0.2) is 0 Å².